The zero-order valence-corrected chi connectivity index (χ0v) is 5.14. The monoisotopic (exact) mass is 113 g/mol. The molecule has 1 heteroatoms. The molecular formula is C4H10Mn. The molecule has 5 heavy (non-hydrogen) atoms. The molecule has 0 aromatic heterocycles. The molecule has 0 aliphatic rings. The van der Waals surface area contributed by atoms with Gasteiger partial charge in [-0.3, -0.25) is 0 Å². The molecule has 0 unspecified atom stereocenters. The Morgan fingerprint density at radius 2 is 1.00 bits per heavy atom. The molecule has 0 bridgehead atoms. The molecule has 0 fully saturated rings. The van der Waals surface area contributed by atoms with Gasteiger partial charge in [0.2, 0.25) is 0 Å². The van der Waals surface area contributed by atoms with Gasteiger partial charge in [0.1, 0.15) is 0 Å². The van der Waals surface area contributed by atoms with E-state index in [-0.39, 0.29) is 17.1 Å². The molecule has 0 saturated heterocycles. The number of hydrogen-bond donors (Lipinski definition) is 0. The normalized spacial score (nSPS) is 7.20. The van der Waals surface area contributed by atoms with Crippen LogP contribution in [0.5, 0.6) is 0 Å². The maximum atomic E-state index is 2.17. The zero-order chi connectivity index (χ0) is 3.58. The molecule has 0 heterocycles. The Morgan fingerprint density at radius 3 is 1.00 bits per heavy atom. The van der Waals surface area contributed by atoms with Crippen molar-refractivity contribution in [1.82, 2.24) is 0 Å². The summed E-state index contributed by atoms with van der Waals surface area (Å²) in [6.07, 6.45) is 0. The van der Waals surface area contributed by atoms with Crippen molar-refractivity contribution in [2.75, 3.05) is 0 Å². The van der Waals surface area contributed by atoms with Crippen molar-refractivity contribution >= 4 is 0 Å². The third kappa shape index (κ3) is 106. The van der Waals surface area contributed by atoms with Crippen LogP contribution in [0.15, 0.2) is 0 Å². The summed E-state index contributed by atoms with van der Waals surface area (Å²) in [6, 6.07) is 0. The van der Waals surface area contributed by atoms with E-state index < -0.39 is 0 Å². The summed E-state index contributed by atoms with van der Waals surface area (Å²) in [5, 5.41) is 0. The van der Waals surface area contributed by atoms with Crippen molar-refractivity contribution in [1.29, 1.82) is 0 Å². The van der Waals surface area contributed by atoms with E-state index in [1.165, 1.54) is 0 Å². The van der Waals surface area contributed by atoms with Crippen LogP contribution < -0.4 is 0 Å². The van der Waals surface area contributed by atoms with Crippen LogP contribution in [0.1, 0.15) is 20.8 Å². The third-order valence-corrected chi connectivity index (χ3v) is 0. The molecule has 0 saturated carbocycles. The van der Waals surface area contributed by atoms with Crippen LogP contribution in [0, 0.1) is 5.92 Å². The van der Waals surface area contributed by atoms with Crippen molar-refractivity contribution in [3.63, 3.8) is 0 Å². The average Bonchev–Trinajstić information content (AvgIpc) is 0.811. The molecular weight excluding hydrogens is 103 g/mol. The molecule has 0 amide bonds. The standard InChI is InChI=1S/C4H10.Mn/c1-4(2)3;/h4H,1-3H3;. The van der Waals surface area contributed by atoms with Gasteiger partial charge in [-0.15, -0.1) is 0 Å². The SMILES string of the molecule is CC(C)C.[Mn]. The fourth-order valence-electron chi connectivity index (χ4n) is 0. The molecule has 0 aliphatic heterocycles. The van der Waals surface area contributed by atoms with Crippen LogP contribution in [-0.4, -0.2) is 0 Å². The molecule has 0 rings (SSSR count). The fraction of sp³-hybridized carbons (Fsp3) is 1.00. The minimum atomic E-state index is 0. The van der Waals surface area contributed by atoms with Gasteiger partial charge in [-0.25, -0.2) is 0 Å². The summed E-state index contributed by atoms with van der Waals surface area (Å²) >= 11 is 0. The Bertz CT molecular complexity index is 8.36. The molecule has 0 N–H and O–H groups in total. The van der Waals surface area contributed by atoms with Crippen LogP contribution >= 0.6 is 0 Å². The Labute approximate surface area is 44.4 Å². The first-order valence-electron chi connectivity index (χ1n) is 1.73. The van der Waals surface area contributed by atoms with E-state index in [2.05, 4.69) is 20.8 Å². The average molecular weight is 113 g/mol. The summed E-state index contributed by atoms with van der Waals surface area (Å²) in [6.45, 7) is 6.50. The molecule has 33 valence electrons. The van der Waals surface area contributed by atoms with Gasteiger partial charge in [0.25, 0.3) is 0 Å². The summed E-state index contributed by atoms with van der Waals surface area (Å²) in [5.74, 6) is 0.833. The quantitative estimate of drug-likeness (QED) is 0.419. The van der Waals surface area contributed by atoms with Crippen molar-refractivity contribution < 1.29 is 17.1 Å². The molecule has 0 aromatic rings. The van der Waals surface area contributed by atoms with Gasteiger partial charge < -0.3 is 0 Å². The largest absolute Gasteiger partial charge is 0.0630 e. The van der Waals surface area contributed by atoms with Crippen LogP contribution in [0.2, 0.25) is 0 Å². The maximum Gasteiger partial charge on any atom is 0 e. The number of hydrogen-bond acceptors (Lipinski definition) is 0. The molecule has 0 atom stereocenters. The molecule has 0 aliphatic carbocycles. The molecule has 0 aromatic carbocycles. The second kappa shape index (κ2) is 4.52. The minimum absolute atomic E-state index is 0. The van der Waals surface area contributed by atoms with Gasteiger partial charge in [0, 0.05) is 17.1 Å². The van der Waals surface area contributed by atoms with E-state index >= 15 is 0 Å². The van der Waals surface area contributed by atoms with Gasteiger partial charge in [0.15, 0.2) is 0 Å². The van der Waals surface area contributed by atoms with Crippen LogP contribution in [0.25, 0.3) is 0 Å². The Morgan fingerprint density at radius 1 is 1.00 bits per heavy atom. The smallest absolute Gasteiger partial charge is 0 e. The topological polar surface area (TPSA) is 0 Å². The molecule has 0 nitrogen and oxygen atoms in total. The van der Waals surface area contributed by atoms with Crippen LogP contribution in [0.4, 0.5) is 0 Å². The molecule has 1 radical (unpaired) electrons. The van der Waals surface area contributed by atoms with Gasteiger partial charge in [-0.1, -0.05) is 20.8 Å². The maximum absolute atomic E-state index is 2.17. The Hall–Kier alpha value is 0.519. The first-order valence-corrected chi connectivity index (χ1v) is 1.73. The first kappa shape index (κ1) is 9.10. The Kier molecular flexibility index (Phi) is 8.23. The number of rotatable bonds is 0. The van der Waals surface area contributed by atoms with Crippen molar-refractivity contribution in [3.05, 3.63) is 0 Å². The summed E-state index contributed by atoms with van der Waals surface area (Å²) in [5.41, 5.74) is 0. The second-order valence-corrected chi connectivity index (χ2v) is 1.73. The van der Waals surface area contributed by atoms with E-state index in [0.717, 1.165) is 5.92 Å². The zero-order valence-electron chi connectivity index (χ0n) is 3.96. The van der Waals surface area contributed by atoms with Crippen molar-refractivity contribution in [2.45, 2.75) is 20.8 Å². The Balaban J connectivity index is 0. The van der Waals surface area contributed by atoms with E-state index in [1.807, 2.05) is 0 Å². The van der Waals surface area contributed by atoms with E-state index in [1.54, 1.807) is 0 Å². The van der Waals surface area contributed by atoms with Gasteiger partial charge >= 0.3 is 0 Å². The summed E-state index contributed by atoms with van der Waals surface area (Å²) < 4.78 is 0. The van der Waals surface area contributed by atoms with Gasteiger partial charge in [0.05, 0.1) is 0 Å². The second-order valence-electron chi connectivity index (χ2n) is 1.73. The molecule has 0 spiro atoms. The van der Waals surface area contributed by atoms with E-state index in [4.69, 9.17) is 0 Å². The van der Waals surface area contributed by atoms with Gasteiger partial charge in [-0.2, -0.15) is 0 Å². The van der Waals surface area contributed by atoms with Crippen LogP contribution in [-0.2, 0) is 17.1 Å². The van der Waals surface area contributed by atoms with Crippen molar-refractivity contribution in [2.24, 2.45) is 5.92 Å². The fourth-order valence-corrected chi connectivity index (χ4v) is 0. The summed E-state index contributed by atoms with van der Waals surface area (Å²) in [4.78, 5) is 0. The third-order valence-electron chi connectivity index (χ3n) is 0. The van der Waals surface area contributed by atoms with Crippen molar-refractivity contribution in [3.8, 4) is 0 Å². The van der Waals surface area contributed by atoms with E-state index in [0.29, 0.717) is 0 Å². The van der Waals surface area contributed by atoms with Gasteiger partial charge in [-0.05, 0) is 5.92 Å². The minimum Gasteiger partial charge on any atom is -0.0630 e. The first-order chi connectivity index (χ1) is 1.73. The predicted molar refractivity (Wildman–Crippen MR) is 20.5 cm³/mol. The summed E-state index contributed by atoms with van der Waals surface area (Å²) in [7, 11) is 0. The van der Waals surface area contributed by atoms with Crippen LogP contribution in [0.3, 0.4) is 0 Å². The van der Waals surface area contributed by atoms with E-state index in [9.17, 15) is 0 Å². The predicted octanol–water partition coefficient (Wildman–Crippen LogP) is 1.66.